The number of rotatable bonds is 3. The molecule has 1 aliphatic rings. The lowest BCUT2D eigenvalue weighted by Crippen LogP contribution is -2.14. The van der Waals surface area contributed by atoms with Crippen LogP contribution >= 0.6 is 22.9 Å². The van der Waals surface area contributed by atoms with E-state index in [4.69, 9.17) is 16.3 Å². The Hall–Kier alpha value is -1.39. The third-order valence-electron chi connectivity index (χ3n) is 3.25. The zero-order valence-corrected chi connectivity index (χ0v) is 11.7. The minimum atomic E-state index is 0.00617. The summed E-state index contributed by atoms with van der Waals surface area (Å²) in [5.74, 6) is 0. The van der Waals surface area contributed by atoms with E-state index in [9.17, 15) is 4.79 Å². The van der Waals surface area contributed by atoms with Crippen LogP contribution in [-0.2, 0) is 6.42 Å². The van der Waals surface area contributed by atoms with Gasteiger partial charge in [-0.3, -0.25) is 4.79 Å². The van der Waals surface area contributed by atoms with Crippen LogP contribution in [0.25, 0.3) is 0 Å². The summed E-state index contributed by atoms with van der Waals surface area (Å²) in [6.07, 6.45) is 3.87. The van der Waals surface area contributed by atoms with Gasteiger partial charge in [0.15, 0.2) is 11.4 Å². The molecule has 0 radical (unpaired) electrons. The Morgan fingerprint density at radius 1 is 1.42 bits per heavy atom. The highest BCUT2D eigenvalue weighted by atomic mass is 35.5. The summed E-state index contributed by atoms with van der Waals surface area (Å²) in [6.45, 7) is 0. The number of ether oxygens (including phenoxy) is 1. The second kappa shape index (κ2) is 5.31. The van der Waals surface area contributed by atoms with Crippen LogP contribution < -0.4 is 4.74 Å². The monoisotopic (exact) mass is 293 g/mol. The number of aromatic nitrogens is 1. The molecule has 5 heteroatoms. The van der Waals surface area contributed by atoms with Crippen LogP contribution in [-0.4, -0.2) is 11.3 Å². The van der Waals surface area contributed by atoms with E-state index < -0.39 is 0 Å². The number of hydrogen-bond donors (Lipinski definition) is 0. The van der Waals surface area contributed by atoms with E-state index >= 15 is 0 Å². The Kier molecular flexibility index (Phi) is 3.53. The molecular weight excluding hydrogens is 282 g/mol. The van der Waals surface area contributed by atoms with Crippen molar-refractivity contribution in [1.29, 1.82) is 0 Å². The summed E-state index contributed by atoms with van der Waals surface area (Å²) in [5.41, 5.74) is 2.55. The minimum absolute atomic E-state index is 0.00617. The van der Waals surface area contributed by atoms with Crippen molar-refractivity contribution in [2.24, 2.45) is 0 Å². The van der Waals surface area contributed by atoms with Crippen molar-refractivity contribution in [2.45, 2.75) is 25.4 Å². The summed E-state index contributed by atoms with van der Waals surface area (Å²) in [5, 5.41) is 0.688. The van der Waals surface area contributed by atoms with Crippen LogP contribution in [0.5, 0.6) is 5.19 Å². The normalized spacial score (nSPS) is 17.8. The van der Waals surface area contributed by atoms with E-state index in [1.807, 2.05) is 12.1 Å². The smallest absolute Gasteiger partial charge is 0.275 e. The number of carbonyl (C=O) groups excluding carboxylic acids is 1. The van der Waals surface area contributed by atoms with Crippen LogP contribution in [0.2, 0.25) is 5.15 Å². The van der Waals surface area contributed by atoms with Crippen molar-refractivity contribution in [3.63, 3.8) is 0 Å². The lowest BCUT2D eigenvalue weighted by atomic mass is 9.89. The quantitative estimate of drug-likeness (QED) is 0.801. The molecule has 0 fully saturated rings. The molecule has 98 valence electrons. The molecule has 1 atom stereocenters. The van der Waals surface area contributed by atoms with Crippen LogP contribution in [0, 0.1) is 0 Å². The fourth-order valence-corrected chi connectivity index (χ4v) is 3.33. The van der Waals surface area contributed by atoms with Gasteiger partial charge in [-0.1, -0.05) is 47.2 Å². The highest BCUT2D eigenvalue weighted by molar-refractivity contribution is 7.15. The topological polar surface area (TPSA) is 39.2 Å². The maximum atomic E-state index is 10.8. The fraction of sp³-hybridized carbons (Fsp3) is 0.286. The summed E-state index contributed by atoms with van der Waals surface area (Å²) in [4.78, 5) is 15.3. The first-order chi connectivity index (χ1) is 9.28. The number of fused-ring (bicyclic) bond motifs is 1. The highest BCUT2D eigenvalue weighted by Crippen LogP contribution is 2.36. The fourth-order valence-electron chi connectivity index (χ4n) is 2.37. The molecule has 0 bridgehead atoms. The van der Waals surface area contributed by atoms with Crippen LogP contribution in [0.1, 0.15) is 39.7 Å². The van der Waals surface area contributed by atoms with E-state index in [2.05, 4.69) is 17.1 Å². The number of halogens is 1. The van der Waals surface area contributed by atoms with Gasteiger partial charge in [0.05, 0.1) is 0 Å². The van der Waals surface area contributed by atoms with Gasteiger partial charge < -0.3 is 4.74 Å². The van der Waals surface area contributed by atoms with Gasteiger partial charge in [-0.05, 0) is 30.4 Å². The Bertz CT molecular complexity index is 611. The molecule has 0 saturated carbocycles. The predicted molar refractivity (Wildman–Crippen MR) is 75.3 cm³/mol. The molecule has 3 nitrogen and oxygen atoms in total. The lowest BCUT2D eigenvalue weighted by molar-refractivity contribution is 0.112. The maximum Gasteiger partial charge on any atom is 0.275 e. The SMILES string of the molecule is O=Cc1sc(OC2CCCc3ccccc32)nc1Cl. The summed E-state index contributed by atoms with van der Waals surface area (Å²) in [7, 11) is 0. The average Bonchev–Trinajstić information content (AvgIpc) is 2.79. The van der Waals surface area contributed by atoms with Crippen molar-refractivity contribution >= 4 is 29.2 Å². The first kappa shape index (κ1) is 12.6. The molecular formula is C14H12ClNO2S. The molecule has 2 aromatic rings. The molecule has 1 heterocycles. The maximum absolute atomic E-state index is 10.8. The van der Waals surface area contributed by atoms with Gasteiger partial charge in [0, 0.05) is 0 Å². The third-order valence-corrected chi connectivity index (χ3v) is 4.53. The molecule has 1 aromatic carbocycles. The summed E-state index contributed by atoms with van der Waals surface area (Å²) < 4.78 is 5.91. The molecule has 0 spiro atoms. The minimum Gasteiger partial charge on any atom is -0.462 e. The molecule has 1 unspecified atom stereocenters. The van der Waals surface area contributed by atoms with Crippen molar-refractivity contribution in [2.75, 3.05) is 0 Å². The standard InChI is InChI=1S/C14H12ClNO2S/c15-13-12(8-17)19-14(16-13)18-11-7-3-5-9-4-1-2-6-10(9)11/h1-2,4,6,8,11H,3,5,7H2. The molecule has 0 aliphatic heterocycles. The van der Waals surface area contributed by atoms with Crippen LogP contribution in [0.15, 0.2) is 24.3 Å². The van der Waals surface area contributed by atoms with Gasteiger partial charge in [-0.25, -0.2) is 0 Å². The van der Waals surface area contributed by atoms with Crippen LogP contribution in [0.3, 0.4) is 0 Å². The molecule has 0 amide bonds. The molecule has 3 rings (SSSR count). The summed E-state index contributed by atoms with van der Waals surface area (Å²) >= 11 is 7.05. The van der Waals surface area contributed by atoms with E-state index in [1.54, 1.807) is 0 Å². The number of nitrogens with zero attached hydrogens (tertiary/aromatic N) is 1. The number of aldehydes is 1. The van der Waals surface area contributed by atoms with E-state index in [1.165, 1.54) is 22.5 Å². The van der Waals surface area contributed by atoms with Crippen molar-refractivity contribution in [3.05, 3.63) is 45.4 Å². The Morgan fingerprint density at radius 3 is 3.05 bits per heavy atom. The van der Waals surface area contributed by atoms with Crippen molar-refractivity contribution in [3.8, 4) is 5.19 Å². The molecule has 1 aliphatic carbocycles. The van der Waals surface area contributed by atoms with E-state index in [-0.39, 0.29) is 11.3 Å². The Labute approximate surface area is 120 Å². The van der Waals surface area contributed by atoms with Gasteiger partial charge in [-0.15, -0.1) is 0 Å². The van der Waals surface area contributed by atoms with Crippen molar-refractivity contribution < 1.29 is 9.53 Å². The van der Waals surface area contributed by atoms with Gasteiger partial charge in [0.2, 0.25) is 0 Å². The number of thiazole rings is 1. The second-order valence-corrected chi connectivity index (χ2v) is 5.80. The number of carbonyl (C=O) groups is 1. The molecule has 0 N–H and O–H groups in total. The van der Waals surface area contributed by atoms with E-state index in [0.717, 1.165) is 19.3 Å². The van der Waals surface area contributed by atoms with Gasteiger partial charge in [0.25, 0.3) is 5.19 Å². The first-order valence-electron chi connectivity index (χ1n) is 6.14. The number of hydrogen-bond acceptors (Lipinski definition) is 4. The zero-order chi connectivity index (χ0) is 13.2. The van der Waals surface area contributed by atoms with Crippen molar-refractivity contribution in [1.82, 2.24) is 4.98 Å². The average molecular weight is 294 g/mol. The zero-order valence-electron chi connectivity index (χ0n) is 10.1. The van der Waals surface area contributed by atoms with Crippen LogP contribution in [0.4, 0.5) is 0 Å². The largest absolute Gasteiger partial charge is 0.462 e. The predicted octanol–water partition coefficient (Wildman–Crippen LogP) is 4.07. The number of aryl methyl sites for hydroxylation is 1. The highest BCUT2D eigenvalue weighted by Gasteiger charge is 2.23. The van der Waals surface area contributed by atoms with Gasteiger partial charge in [0.1, 0.15) is 11.0 Å². The lowest BCUT2D eigenvalue weighted by Gasteiger charge is -2.24. The number of benzene rings is 1. The first-order valence-corrected chi connectivity index (χ1v) is 7.33. The third kappa shape index (κ3) is 2.51. The molecule has 19 heavy (non-hydrogen) atoms. The Morgan fingerprint density at radius 2 is 2.26 bits per heavy atom. The molecule has 0 saturated heterocycles. The Balaban J connectivity index is 1.86. The van der Waals surface area contributed by atoms with Gasteiger partial charge >= 0.3 is 0 Å². The molecule has 1 aromatic heterocycles. The summed E-state index contributed by atoms with van der Waals surface area (Å²) in [6, 6.07) is 8.30. The second-order valence-electron chi connectivity index (χ2n) is 4.45. The van der Waals surface area contributed by atoms with Gasteiger partial charge in [-0.2, -0.15) is 4.98 Å². The van der Waals surface area contributed by atoms with E-state index in [0.29, 0.717) is 16.4 Å².